The molecule has 0 saturated carbocycles. The molecule has 0 spiro atoms. The second kappa shape index (κ2) is 45.4. The number of nitrogens with two attached hydrogens (primary N) is 2. The SMILES string of the molecule is CC(C)C[C@H](NC(=O)[C@@H](CCCCNC(=O)c1cccnc1)NC(=O)[C@H](CCCCNC(=O)c1cccnc1)NC(=O)[C@H](CO)NC(=O)[C@@H](Cc1cccnc1)NC(=O)[C@@H](Cc1ccc(Cl)cc1)NC(=O)[C@H](N)Cc1ccc2ccccc2c1)C(=O)N[C@H](CCCCNC(C)C)C(=O)N1CCC[C@H]1C(=O)N[C@H](C)C(N)=O. The molecule has 0 bridgehead atoms. The van der Waals surface area contributed by atoms with Crippen molar-refractivity contribution in [1.82, 2.24) is 78.3 Å². The third kappa shape index (κ3) is 29.2. The van der Waals surface area contributed by atoms with Gasteiger partial charge in [0.2, 0.25) is 59.1 Å². The van der Waals surface area contributed by atoms with E-state index in [4.69, 9.17) is 23.1 Å². The minimum absolute atomic E-state index is 0.0389. The minimum atomic E-state index is -1.81. The molecule has 31 heteroatoms. The maximum absolute atomic E-state index is 15.1. The van der Waals surface area contributed by atoms with E-state index in [9.17, 15) is 53.1 Å². The highest BCUT2D eigenvalue weighted by atomic mass is 35.5. The van der Waals surface area contributed by atoms with Gasteiger partial charge < -0.3 is 80.0 Å². The molecular weight excluding hydrogens is 1440 g/mol. The van der Waals surface area contributed by atoms with Crippen LogP contribution >= 0.6 is 11.6 Å². The lowest BCUT2D eigenvalue weighted by Gasteiger charge is -2.31. The summed E-state index contributed by atoms with van der Waals surface area (Å²) in [5.74, 6) is -9.01. The smallest absolute Gasteiger partial charge is 0.252 e. The molecule has 596 valence electrons. The number of aliphatic hydroxyl groups is 1. The van der Waals surface area contributed by atoms with Gasteiger partial charge in [0.25, 0.3) is 11.8 Å². The second-order valence-corrected chi connectivity index (χ2v) is 29.0. The quantitative estimate of drug-likeness (QED) is 0.0244. The van der Waals surface area contributed by atoms with Crippen molar-refractivity contribution >= 4 is 93.3 Å². The molecule has 1 fully saturated rings. The Labute approximate surface area is 651 Å². The largest absolute Gasteiger partial charge is 0.394 e. The van der Waals surface area contributed by atoms with Crippen LogP contribution < -0.4 is 70.0 Å². The van der Waals surface area contributed by atoms with Crippen LogP contribution in [0.2, 0.25) is 5.02 Å². The molecule has 6 aromatic rings. The first kappa shape index (κ1) is 87.4. The Bertz CT molecular complexity index is 4070. The van der Waals surface area contributed by atoms with Gasteiger partial charge >= 0.3 is 0 Å². The van der Waals surface area contributed by atoms with Gasteiger partial charge in [-0.15, -0.1) is 0 Å². The van der Waals surface area contributed by atoms with Gasteiger partial charge in [-0.3, -0.25) is 72.5 Å². The Morgan fingerprint density at radius 3 is 1.51 bits per heavy atom. The van der Waals surface area contributed by atoms with E-state index >= 15 is 9.59 Å². The number of carbonyl (C=O) groups excluding carboxylic acids is 12. The predicted molar refractivity (Wildman–Crippen MR) is 418 cm³/mol. The number of carbonyl (C=O) groups is 12. The summed E-state index contributed by atoms with van der Waals surface area (Å²) < 4.78 is 0. The zero-order valence-corrected chi connectivity index (χ0v) is 64.3. The van der Waals surface area contributed by atoms with E-state index in [1.165, 1.54) is 49.0 Å². The molecule has 10 atom stereocenters. The maximum atomic E-state index is 15.1. The molecule has 12 amide bonds. The second-order valence-electron chi connectivity index (χ2n) is 28.5. The number of amides is 12. The van der Waals surface area contributed by atoms with Crippen LogP contribution in [0.5, 0.6) is 0 Å². The van der Waals surface area contributed by atoms with E-state index in [0.29, 0.717) is 53.1 Å². The first-order chi connectivity index (χ1) is 53.3. The highest BCUT2D eigenvalue weighted by Crippen LogP contribution is 2.23. The van der Waals surface area contributed by atoms with E-state index in [1.54, 1.807) is 60.7 Å². The Morgan fingerprint density at radius 1 is 0.495 bits per heavy atom. The normalized spacial score (nSPS) is 15.0. The zero-order valence-electron chi connectivity index (χ0n) is 63.5. The molecule has 3 aromatic heterocycles. The average Bonchev–Trinajstić information content (AvgIpc) is 1.77. The number of likely N-dealkylation sites (tertiary alicyclic amines) is 1. The number of aliphatic hydroxyl groups excluding tert-OH is 1. The molecule has 0 aliphatic carbocycles. The first-order valence-electron chi connectivity index (χ1n) is 37.9. The monoisotopic (exact) mass is 1550 g/mol. The summed E-state index contributed by atoms with van der Waals surface area (Å²) in [5.41, 5.74) is 14.4. The van der Waals surface area contributed by atoms with Crippen molar-refractivity contribution < 1.29 is 62.6 Å². The number of rotatable bonds is 45. The summed E-state index contributed by atoms with van der Waals surface area (Å²) in [5, 5.41) is 44.2. The van der Waals surface area contributed by atoms with Crippen molar-refractivity contribution in [3.63, 3.8) is 0 Å². The summed E-state index contributed by atoms with van der Waals surface area (Å²) in [6.07, 6.45) is 11.2. The lowest BCUT2D eigenvalue weighted by atomic mass is 10.00. The topological polar surface area (TPSA) is 451 Å². The lowest BCUT2D eigenvalue weighted by molar-refractivity contribution is -0.142. The number of nitrogens with one attached hydrogen (secondary N) is 11. The van der Waals surface area contributed by atoms with Crippen LogP contribution in [0.25, 0.3) is 10.8 Å². The van der Waals surface area contributed by atoms with E-state index in [0.717, 1.165) is 16.3 Å². The number of fused-ring (bicyclic) bond motifs is 1. The van der Waals surface area contributed by atoms with Crippen LogP contribution in [0.15, 0.2) is 140 Å². The molecule has 16 N–H and O–H groups in total. The van der Waals surface area contributed by atoms with Crippen LogP contribution in [-0.2, 0) is 67.2 Å². The van der Waals surface area contributed by atoms with Gasteiger partial charge in [0.15, 0.2) is 0 Å². The molecule has 7 rings (SSSR count). The van der Waals surface area contributed by atoms with E-state index < -0.39 is 138 Å². The number of unbranched alkanes of at least 4 members (excludes halogenated alkanes) is 3. The van der Waals surface area contributed by atoms with Gasteiger partial charge in [-0.2, -0.15) is 0 Å². The molecule has 0 radical (unpaired) electrons. The Balaban J connectivity index is 1.14. The van der Waals surface area contributed by atoms with Gasteiger partial charge in [-0.1, -0.05) is 100.0 Å². The third-order valence-electron chi connectivity index (χ3n) is 18.8. The number of aromatic nitrogens is 3. The van der Waals surface area contributed by atoms with Crippen LogP contribution in [0.1, 0.15) is 149 Å². The fourth-order valence-electron chi connectivity index (χ4n) is 12.6. The number of hydrogen-bond acceptors (Lipinski definition) is 18. The Kier molecular flexibility index (Phi) is 35.7. The highest BCUT2D eigenvalue weighted by Gasteiger charge is 2.40. The van der Waals surface area contributed by atoms with Crippen molar-refractivity contribution in [3.8, 4) is 0 Å². The fourth-order valence-corrected chi connectivity index (χ4v) is 12.8. The van der Waals surface area contributed by atoms with E-state index in [2.05, 4.69) is 73.4 Å². The third-order valence-corrected chi connectivity index (χ3v) is 19.0. The minimum Gasteiger partial charge on any atom is -0.394 e. The number of hydrogen-bond donors (Lipinski definition) is 14. The molecule has 1 saturated heterocycles. The van der Waals surface area contributed by atoms with Crippen molar-refractivity contribution in [2.24, 2.45) is 17.4 Å². The van der Waals surface area contributed by atoms with Crippen molar-refractivity contribution in [2.75, 3.05) is 32.8 Å². The Morgan fingerprint density at radius 2 is 0.973 bits per heavy atom. The number of nitrogens with zero attached hydrogens (tertiary/aromatic N) is 4. The number of halogens is 1. The molecular formula is C80H106ClN17O13. The molecule has 111 heavy (non-hydrogen) atoms. The molecule has 1 aliphatic heterocycles. The van der Waals surface area contributed by atoms with Gasteiger partial charge in [0.1, 0.15) is 54.4 Å². The Hall–Kier alpha value is -10.8. The molecule has 0 unspecified atom stereocenters. The van der Waals surface area contributed by atoms with Crippen LogP contribution in [0.3, 0.4) is 0 Å². The highest BCUT2D eigenvalue weighted by molar-refractivity contribution is 6.30. The molecule has 30 nitrogen and oxygen atoms in total. The molecule has 3 aromatic carbocycles. The van der Waals surface area contributed by atoms with Crippen molar-refractivity contribution in [1.29, 1.82) is 0 Å². The van der Waals surface area contributed by atoms with E-state index in [1.807, 2.05) is 70.2 Å². The number of primary amides is 1. The maximum Gasteiger partial charge on any atom is 0.252 e. The summed E-state index contributed by atoms with van der Waals surface area (Å²) in [4.78, 5) is 183. The van der Waals surface area contributed by atoms with Crippen LogP contribution in [0.4, 0.5) is 0 Å². The van der Waals surface area contributed by atoms with E-state index in [-0.39, 0.29) is 109 Å². The van der Waals surface area contributed by atoms with Crippen molar-refractivity contribution in [3.05, 3.63) is 173 Å². The van der Waals surface area contributed by atoms with Crippen LogP contribution in [-0.4, -0.2) is 195 Å². The summed E-state index contributed by atoms with van der Waals surface area (Å²) >= 11 is 6.24. The lowest BCUT2D eigenvalue weighted by Crippen LogP contribution is -2.61. The molecule has 4 heterocycles. The summed E-state index contributed by atoms with van der Waals surface area (Å²) in [6, 6.07) is 16.5. The average molecular weight is 1550 g/mol. The number of benzene rings is 3. The summed E-state index contributed by atoms with van der Waals surface area (Å²) in [7, 11) is 0. The van der Waals surface area contributed by atoms with Gasteiger partial charge in [0, 0.05) is 80.7 Å². The van der Waals surface area contributed by atoms with Gasteiger partial charge in [-0.25, -0.2) is 0 Å². The number of pyridine rings is 3. The van der Waals surface area contributed by atoms with Crippen LogP contribution in [0, 0.1) is 5.92 Å². The predicted octanol–water partition coefficient (Wildman–Crippen LogP) is 2.82. The van der Waals surface area contributed by atoms with Gasteiger partial charge in [-0.05, 0) is 173 Å². The standard InChI is InChI=1S/C80H106ClN17O13/c1-49(2)40-64(75(106)93-63(25-10-11-36-87-50(3)4)80(111)98-39-17-26-68(98)79(110)90-51(5)69(83)100)95-74(105)62(24-9-13-38-89-71(102)58-22-16-35-86-47-58)91-73(104)61(23-8-12-37-88-70(101)57-21-15-34-85-46-57)92-78(109)67(48-99)97-77(108)66(44-54-18-14-33-84-45-54)96-76(107)65(43-52-28-31-59(81)32-29-52)94-72(103)60(82)42-53-27-30-55-19-6-7-20-56(55)41-53/h6-7,14-16,18-22,27-35,41,45-47,49-51,60-68,87,99H,8-13,17,23-26,36-40,42-44,48,82H2,1-5H3,(H2,83,100)(H,88,101)(H,89,102)(H,90,110)(H,91,104)(H,92,109)(H,93,106)(H,94,103)(H,95,105)(H,96,107)(H,97,108)/t51-,60-,61+,62-,63-,64+,65-,66-,67+,68+/m1/s1. The zero-order chi connectivity index (χ0) is 80.4. The van der Waals surface area contributed by atoms with Crippen molar-refractivity contribution in [2.45, 2.75) is 197 Å². The first-order valence-corrected chi connectivity index (χ1v) is 38.2. The molecule has 1 aliphatic rings. The fraction of sp³-hybridized carbons (Fsp3) is 0.463. The summed E-state index contributed by atoms with van der Waals surface area (Å²) in [6.45, 7) is 9.03. The van der Waals surface area contributed by atoms with Gasteiger partial charge in [0.05, 0.1) is 23.8 Å².